The molecule has 170 valence electrons. The van der Waals surface area contributed by atoms with E-state index >= 15 is 0 Å². The van der Waals surface area contributed by atoms with Crippen LogP contribution in [0, 0.1) is 11.3 Å². The maximum absolute atomic E-state index is 12.9. The van der Waals surface area contributed by atoms with E-state index < -0.39 is 0 Å². The molecule has 8 heteroatoms. The zero-order valence-electron chi connectivity index (χ0n) is 18.5. The summed E-state index contributed by atoms with van der Waals surface area (Å²) >= 11 is 3.63. The van der Waals surface area contributed by atoms with E-state index in [1.807, 2.05) is 39.9 Å². The number of pyridine rings is 1. The van der Waals surface area contributed by atoms with Crippen LogP contribution in [0.1, 0.15) is 45.9 Å². The van der Waals surface area contributed by atoms with Crippen molar-refractivity contribution in [2.24, 2.45) is 0 Å². The van der Waals surface area contributed by atoms with E-state index in [1.165, 1.54) is 0 Å². The van der Waals surface area contributed by atoms with Crippen molar-refractivity contribution >= 4 is 33.3 Å². The zero-order valence-corrected chi connectivity index (χ0v) is 20.1. The number of anilines is 1. The van der Waals surface area contributed by atoms with Crippen molar-refractivity contribution in [1.82, 2.24) is 19.3 Å². The van der Waals surface area contributed by atoms with Gasteiger partial charge in [-0.3, -0.25) is 14.2 Å². The van der Waals surface area contributed by atoms with Crippen molar-refractivity contribution in [1.29, 1.82) is 5.26 Å². The number of aromatic nitrogens is 3. The molecule has 1 aliphatic heterocycles. The maximum atomic E-state index is 12.9. The fourth-order valence-electron chi connectivity index (χ4n) is 4.35. The molecule has 7 nitrogen and oxygen atoms in total. The smallest absolute Gasteiger partial charge is 0.253 e. The lowest BCUT2D eigenvalue weighted by Crippen LogP contribution is -2.38. The van der Waals surface area contributed by atoms with Gasteiger partial charge in [0.05, 0.1) is 16.1 Å². The average molecular weight is 515 g/mol. The summed E-state index contributed by atoms with van der Waals surface area (Å²) in [4.78, 5) is 23.9. The highest BCUT2D eigenvalue weighted by Crippen LogP contribution is 2.31. The molecule has 0 unspecified atom stereocenters. The molecule has 1 saturated heterocycles. The van der Waals surface area contributed by atoms with Crippen LogP contribution >= 0.6 is 15.9 Å². The van der Waals surface area contributed by atoms with Gasteiger partial charge in [-0.15, -0.1) is 0 Å². The summed E-state index contributed by atoms with van der Waals surface area (Å²) in [5.41, 5.74) is 4.19. The minimum Gasteiger partial charge on any atom is -0.367 e. The number of nitrogens with zero attached hydrogens (tertiary/aromatic N) is 5. The highest BCUT2D eigenvalue weighted by atomic mass is 79.9. The second-order valence-electron chi connectivity index (χ2n) is 8.39. The van der Waals surface area contributed by atoms with E-state index in [2.05, 4.69) is 38.4 Å². The van der Waals surface area contributed by atoms with E-state index in [4.69, 9.17) is 10.2 Å². The number of halogens is 1. The summed E-state index contributed by atoms with van der Waals surface area (Å²) < 4.78 is 3.00. The van der Waals surface area contributed by atoms with Gasteiger partial charge in [0.15, 0.2) is 5.65 Å². The Hall–Kier alpha value is -3.70. The molecule has 1 aliphatic rings. The Morgan fingerprint density at radius 2 is 1.97 bits per heavy atom. The molecule has 4 aromatic rings. The summed E-state index contributed by atoms with van der Waals surface area (Å²) in [6, 6.07) is 17.0. The standard InChI is InChI=1S/C26H23BrN6O/c27-22-9-13-33-24(30-17-19-2-1-10-29-16-19)14-23(31-25(22)33)20-7-11-32(12-8-20)26(34)21-5-3-18(15-28)4-6-21/h1-6,9-10,13-14,16,20,30H,7-8,11-12,17H2. The first-order chi connectivity index (χ1) is 16.6. The van der Waals surface area contributed by atoms with Gasteiger partial charge in [-0.1, -0.05) is 6.07 Å². The van der Waals surface area contributed by atoms with Crippen molar-refractivity contribution < 1.29 is 4.79 Å². The molecule has 0 saturated carbocycles. The van der Waals surface area contributed by atoms with Gasteiger partial charge in [-0.25, -0.2) is 4.98 Å². The third-order valence-electron chi connectivity index (χ3n) is 6.25. The van der Waals surface area contributed by atoms with Crippen LogP contribution < -0.4 is 5.32 Å². The SMILES string of the molecule is N#Cc1ccc(C(=O)N2CCC(c3cc(NCc4cccnc4)n4ccc(Br)c4n3)CC2)cc1. The molecule has 3 aromatic heterocycles. The number of benzene rings is 1. The van der Waals surface area contributed by atoms with Crippen LogP contribution in [-0.2, 0) is 6.54 Å². The van der Waals surface area contributed by atoms with Crippen molar-refractivity contribution in [3.05, 3.63) is 94.0 Å². The first-order valence-corrected chi connectivity index (χ1v) is 12.0. The molecule has 1 amide bonds. The van der Waals surface area contributed by atoms with Crippen LogP contribution in [0.3, 0.4) is 0 Å². The second-order valence-corrected chi connectivity index (χ2v) is 9.25. The summed E-state index contributed by atoms with van der Waals surface area (Å²) in [6.45, 7) is 2.02. The van der Waals surface area contributed by atoms with Gasteiger partial charge in [-0.05, 0) is 70.7 Å². The van der Waals surface area contributed by atoms with Crippen LogP contribution in [0.25, 0.3) is 5.65 Å². The largest absolute Gasteiger partial charge is 0.367 e. The number of hydrogen-bond acceptors (Lipinski definition) is 5. The van der Waals surface area contributed by atoms with E-state index in [-0.39, 0.29) is 11.8 Å². The number of fused-ring (bicyclic) bond motifs is 1. The zero-order chi connectivity index (χ0) is 23.5. The molecule has 0 bridgehead atoms. The summed E-state index contributed by atoms with van der Waals surface area (Å²) in [7, 11) is 0. The van der Waals surface area contributed by atoms with E-state index in [9.17, 15) is 4.79 Å². The lowest BCUT2D eigenvalue weighted by molar-refractivity contribution is 0.0712. The molecule has 4 heterocycles. The van der Waals surface area contributed by atoms with Crippen LogP contribution in [0.15, 0.2) is 71.6 Å². The van der Waals surface area contributed by atoms with E-state index in [1.54, 1.807) is 30.5 Å². The number of rotatable bonds is 5. The topological polar surface area (TPSA) is 86.3 Å². The molecule has 5 rings (SSSR count). The summed E-state index contributed by atoms with van der Waals surface area (Å²) in [5.74, 6) is 1.26. The van der Waals surface area contributed by atoms with Gasteiger partial charge < -0.3 is 10.2 Å². The fraction of sp³-hybridized carbons (Fsp3) is 0.231. The fourth-order valence-corrected chi connectivity index (χ4v) is 4.75. The molecule has 0 atom stereocenters. The number of amides is 1. The third-order valence-corrected chi connectivity index (χ3v) is 6.87. The van der Waals surface area contributed by atoms with Gasteiger partial charge in [0, 0.05) is 61.5 Å². The number of nitriles is 1. The van der Waals surface area contributed by atoms with Crippen LogP contribution in [0.4, 0.5) is 5.82 Å². The molecule has 0 spiro atoms. The van der Waals surface area contributed by atoms with Crippen molar-refractivity contribution in [2.75, 3.05) is 18.4 Å². The monoisotopic (exact) mass is 514 g/mol. The van der Waals surface area contributed by atoms with Crippen molar-refractivity contribution in [2.45, 2.75) is 25.3 Å². The molecule has 1 aromatic carbocycles. The predicted molar refractivity (Wildman–Crippen MR) is 133 cm³/mol. The second kappa shape index (κ2) is 9.65. The highest BCUT2D eigenvalue weighted by molar-refractivity contribution is 9.10. The normalized spacial score (nSPS) is 14.2. The Morgan fingerprint density at radius 1 is 1.18 bits per heavy atom. The van der Waals surface area contributed by atoms with Crippen molar-refractivity contribution in [3.8, 4) is 6.07 Å². The number of piperidine rings is 1. The van der Waals surface area contributed by atoms with Gasteiger partial charge in [-0.2, -0.15) is 5.26 Å². The summed E-state index contributed by atoms with van der Waals surface area (Å²) in [6.07, 6.45) is 7.34. The lowest BCUT2D eigenvalue weighted by Gasteiger charge is -2.32. The van der Waals surface area contributed by atoms with Gasteiger partial charge in [0.1, 0.15) is 5.82 Å². The molecule has 1 fully saturated rings. The van der Waals surface area contributed by atoms with Gasteiger partial charge in [0.25, 0.3) is 5.91 Å². The predicted octanol–water partition coefficient (Wildman–Crippen LogP) is 5.00. The first-order valence-electron chi connectivity index (χ1n) is 11.2. The number of carbonyl (C=O) groups is 1. The first kappa shape index (κ1) is 22.1. The van der Waals surface area contributed by atoms with Gasteiger partial charge >= 0.3 is 0 Å². The Kier molecular flexibility index (Phi) is 6.28. The minimum absolute atomic E-state index is 0.0134. The Morgan fingerprint density at radius 3 is 2.68 bits per heavy atom. The summed E-state index contributed by atoms with van der Waals surface area (Å²) in [5, 5.41) is 12.5. The number of nitrogens with one attached hydrogen (secondary N) is 1. The molecular formula is C26H23BrN6O. The Bertz CT molecular complexity index is 1350. The lowest BCUT2D eigenvalue weighted by atomic mass is 9.92. The number of likely N-dealkylation sites (tertiary alicyclic amines) is 1. The van der Waals surface area contributed by atoms with E-state index in [0.29, 0.717) is 30.8 Å². The van der Waals surface area contributed by atoms with Crippen molar-refractivity contribution in [3.63, 3.8) is 0 Å². The molecular weight excluding hydrogens is 492 g/mol. The Balaban J connectivity index is 1.32. The molecule has 0 radical (unpaired) electrons. The van der Waals surface area contributed by atoms with Gasteiger partial charge in [0.2, 0.25) is 0 Å². The number of hydrogen-bond donors (Lipinski definition) is 1. The van der Waals surface area contributed by atoms with Crippen LogP contribution in [0.2, 0.25) is 0 Å². The molecule has 34 heavy (non-hydrogen) atoms. The molecule has 1 N–H and O–H groups in total. The van der Waals surface area contributed by atoms with Crippen LogP contribution in [0.5, 0.6) is 0 Å². The average Bonchev–Trinajstić information content (AvgIpc) is 3.28. The van der Waals surface area contributed by atoms with Crippen LogP contribution in [-0.4, -0.2) is 38.3 Å². The molecule has 0 aliphatic carbocycles. The Labute approximate surface area is 206 Å². The number of carbonyl (C=O) groups excluding carboxylic acids is 1. The quantitative estimate of drug-likeness (QED) is 0.405. The third kappa shape index (κ3) is 4.52. The maximum Gasteiger partial charge on any atom is 0.253 e. The highest BCUT2D eigenvalue weighted by Gasteiger charge is 2.26. The minimum atomic E-state index is 0.0134. The van der Waals surface area contributed by atoms with E-state index in [0.717, 1.165) is 40.0 Å².